The van der Waals surface area contributed by atoms with E-state index in [0.29, 0.717) is 0 Å². The molecular formula is C19H29N. The molecular weight excluding hydrogens is 242 g/mol. The predicted molar refractivity (Wildman–Crippen MR) is 85.9 cm³/mol. The molecule has 0 radical (unpaired) electrons. The normalized spacial score (nSPS) is 33.6. The first-order valence-corrected chi connectivity index (χ1v) is 8.65. The van der Waals surface area contributed by atoms with Crippen LogP contribution >= 0.6 is 0 Å². The van der Waals surface area contributed by atoms with E-state index in [1.807, 2.05) is 0 Å². The zero-order valence-electron chi connectivity index (χ0n) is 12.9. The van der Waals surface area contributed by atoms with Crippen molar-refractivity contribution in [3.8, 4) is 0 Å². The van der Waals surface area contributed by atoms with E-state index in [4.69, 9.17) is 0 Å². The Morgan fingerprint density at radius 2 is 1.80 bits per heavy atom. The van der Waals surface area contributed by atoms with Crippen LogP contribution in [0, 0.1) is 17.8 Å². The quantitative estimate of drug-likeness (QED) is 0.772. The number of rotatable bonds is 5. The molecule has 1 aromatic carbocycles. The van der Waals surface area contributed by atoms with Gasteiger partial charge in [-0.1, -0.05) is 56.5 Å². The topological polar surface area (TPSA) is 12.0 Å². The number of hydrogen-bond acceptors (Lipinski definition) is 1. The third-order valence-electron chi connectivity index (χ3n) is 5.49. The van der Waals surface area contributed by atoms with Crippen LogP contribution in [0.5, 0.6) is 0 Å². The Morgan fingerprint density at radius 3 is 2.60 bits per heavy atom. The molecule has 0 heterocycles. The van der Waals surface area contributed by atoms with Gasteiger partial charge in [0, 0.05) is 0 Å². The molecule has 4 atom stereocenters. The van der Waals surface area contributed by atoms with E-state index in [2.05, 4.69) is 42.6 Å². The molecule has 1 N–H and O–H groups in total. The van der Waals surface area contributed by atoms with Crippen molar-refractivity contribution in [3.05, 3.63) is 35.9 Å². The molecule has 2 aliphatic rings. The van der Waals surface area contributed by atoms with Gasteiger partial charge in [0.05, 0.1) is 0 Å². The Morgan fingerprint density at radius 1 is 1.00 bits per heavy atom. The molecule has 0 saturated heterocycles. The van der Waals surface area contributed by atoms with Crippen molar-refractivity contribution in [1.29, 1.82) is 0 Å². The minimum atomic E-state index is 0.864. The first-order valence-electron chi connectivity index (χ1n) is 8.65. The van der Waals surface area contributed by atoms with Crippen LogP contribution in [0.25, 0.3) is 0 Å². The van der Waals surface area contributed by atoms with E-state index >= 15 is 0 Å². The second-order valence-corrected chi connectivity index (χ2v) is 6.79. The summed E-state index contributed by atoms with van der Waals surface area (Å²) in [5.74, 6) is 3.74. The Balaban J connectivity index is 1.65. The van der Waals surface area contributed by atoms with Gasteiger partial charge in [-0.25, -0.2) is 0 Å². The second-order valence-electron chi connectivity index (χ2n) is 6.79. The fourth-order valence-corrected chi connectivity index (χ4v) is 4.33. The molecule has 110 valence electrons. The maximum Gasteiger partial charge on any atom is -0.00179 e. The summed E-state index contributed by atoms with van der Waals surface area (Å²) in [5.41, 5.74) is 1.59. The SMILES string of the molecule is CCNCC1CCCCCC1C1CC1c1ccccc1. The van der Waals surface area contributed by atoms with E-state index in [-0.39, 0.29) is 0 Å². The lowest BCUT2D eigenvalue weighted by molar-refractivity contribution is 0.266. The predicted octanol–water partition coefficient (Wildman–Crippen LogP) is 4.60. The standard InChI is InChI=1S/C19H29N/c1-2-20-14-16-11-7-4-8-12-17(16)19-13-18(19)15-9-5-3-6-10-15/h3,5-6,9-10,16-20H,2,4,7-8,11-14H2,1H3. The van der Waals surface area contributed by atoms with Crippen molar-refractivity contribution in [3.63, 3.8) is 0 Å². The highest BCUT2D eigenvalue weighted by Gasteiger charge is 2.45. The molecule has 2 aliphatic carbocycles. The average molecular weight is 271 g/mol. The zero-order valence-corrected chi connectivity index (χ0v) is 12.9. The second kappa shape index (κ2) is 6.76. The van der Waals surface area contributed by atoms with Gasteiger partial charge in [-0.3, -0.25) is 0 Å². The lowest BCUT2D eigenvalue weighted by Gasteiger charge is -2.26. The zero-order chi connectivity index (χ0) is 13.8. The van der Waals surface area contributed by atoms with Crippen molar-refractivity contribution >= 4 is 0 Å². The van der Waals surface area contributed by atoms with Gasteiger partial charge in [0.15, 0.2) is 0 Å². The highest BCUT2D eigenvalue weighted by Crippen LogP contribution is 2.56. The van der Waals surface area contributed by atoms with Gasteiger partial charge in [-0.15, -0.1) is 0 Å². The molecule has 4 unspecified atom stereocenters. The number of benzene rings is 1. The molecule has 1 heteroatoms. The molecule has 0 bridgehead atoms. The van der Waals surface area contributed by atoms with Crippen LogP contribution in [0.1, 0.15) is 56.9 Å². The van der Waals surface area contributed by atoms with E-state index in [0.717, 1.165) is 30.2 Å². The summed E-state index contributed by atoms with van der Waals surface area (Å²) in [5, 5.41) is 3.61. The summed E-state index contributed by atoms with van der Waals surface area (Å²) in [6, 6.07) is 11.2. The van der Waals surface area contributed by atoms with Gasteiger partial charge in [0.2, 0.25) is 0 Å². The number of nitrogens with one attached hydrogen (secondary N) is 1. The first-order chi connectivity index (χ1) is 9.90. The molecule has 20 heavy (non-hydrogen) atoms. The largest absolute Gasteiger partial charge is 0.317 e. The maximum absolute atomic E-state index is 3.61. The maximum atomic E-state index is 3.61. The summed E-state index contributed by atoms with van der Waals surface area (Å²) in [7, 11) is 0. The Kier molecular flexibility index (Phi) is 4.77. The highest BCUT2D eigenvalue weighted by atomic mass is 14.8. The summed E-state index contributed by atoms with van der Waals surface area (Å²) >= 11 is 0. The van der Waals surface area contributed by atoms with Crippen molar-refractivity contribution in [2.45, 2.75) is 51.4 Å². The third kappa shape index (κ3) is 3.25. The summed E-state index contributed by atoms with van der Waals surface area (Å²) < 4.78 is 0. The van der Waals surface area contributed by atoms with E-state index in [1.165, 1.54) is 45.1 Å². The van der Waals surface area contributed by atoms with E-state index in [1.54, 1.807) is 5.56 Å². The van der Waals surface area contributed by atoms with Crippen molar-refractivity contribution in [2.75, 3.05) is 13.1 Å². The van der Waals surface area contributed by atoms with Crippen molar-refractivity contribution in [1.82, 2.24) is 5.32 Å². The summed E-state index contributed by atoms with van der Waals surface area (Å²) in [6.07, 6.45) is 8.75. The lowest BCUT2D eigenvalue weighted by Crippen LogP contribution is -2.29. The fourth-order valence-electron chi connectivity index (χ4n) is 4.33. The Bertz CT molecular complexity index is 399. The van der Waals surface area contributed by atoms with Crippen LogP contribution in [0.3, 0.4) is 0 Å². The molecule has 0 aromatic heterocycles. The fraction of sp³-hybridized carbons (Fsp3) is 0.684. The molecule has 0 spiro atoms. The molecule has 3 rings (SSSR count). The molecule has 2 saturated carbocycles. The monoisotopic (exact) mass is 271 g/mol. The molecule has 1 aromatic rings. The molecule has 1 nitrogen and oxygen atoms in total. The minimum Gasteiger partial charge on any atom is -0.317 e. The van der Waals surface area contributed by atoms with Gasteiger partial charge in [-0.05, 0) is 61.6 Å². The smallest absolute Gasteiger partial charge is 0.00179 e. The first kappa shape index (κ1) is 14.1. The Hall–Kier alpha value is -0.820. The van der Waals surface area contributed by atoms with Gasteiger partial charge in [0.25, 0.3) is 0 Å². The molecule has 2 fully saturated rings. The Labute approximate surface area is 124 Å². The lowest BCUT2D eigenvalue weighted by atomic mass is 9.82. The van der Waals surface area contributed by atoms with E-state index < -0.39 is 0 Å². The van der Waals surface area contributed by atoms with Crippen LogP contribution in [0.15, 0.2) is 30.3 Å². The minimum absolute atomic E-state index is 0.864. The van der Waals surface area contributed by atoms with Crippen LogP contribution < -0.4 is 5.32 Å². The average Bonchev–Trinajstić information content (AvgIpc) is 3.29. The highest BCUT2D eigenvalue weighted by molar-refractivity contribution is 5.26. The van der Waals surface area contributed by atoms with Gasteiger partial charge >= 0.3 is 0 Å². The van der Waals surface area contributed by atoms with Gasteiger partial charge in [0.1, 0.15) is 0 Å². The van der Waals surface area contributed by atoms with Crippen molar-refractivity contribution in [2.24, 2.45) is 17.8 Å². The van der Waals surface area contributed by atoms with Crippen molar-refractivity contribution < 1.29 is 0 Å². The number of hydrogen-bond donors (Lipinski definition) is 1. The van der Waals surface area contributed by atoms with Gasteiger partial charge < -0.3 is 5.32 Å². The van der Waals surface area contributed by atoms with Gasteiger partial charge in [-0.2, -0.15) is 0 Å². The van der Waals surface area contributed by atoms with Crippen LogP contribution in [0.4, 0.5) is 0 Å². The van der Waals surface area contributed by atoms with Crippen LogP contribution in [-0.4, -0.2) is 13.1 Å². The van der Waals surface area contributed by atoms with Crippen LogP contribution in [0.2, 0.25) is 0 Å². The summed E-state index contributed by atoms with van der Waals surface area (Å²) in [6.45, 7) is 4.60. The third-order valence-corrected chi connectivity index (χ3v) is 5.49. The molecule has 0 amide bonds. The summed E-state index contributed by atoms with van der Waals surface area (Å²) in [4.78, 5) is 0. The van der Waals surface area contributed by atoms with Crippen LogP contribution in [-0.2, 0) is 0 Å². The van der Waals surface area contributed by atoms with E-state index in [9.17, 15) is 0 Å². The molecule has 0 aliphatic heterocycles.